The average Bonchev–Trinajstić information content (AvgIpc) is 2.01. The minimum Gasteiger partial charge on any atom is -0.380 e. The van der Waals surface area contributed by atoms with Crippen LogP contribution in [0.25, 0.3) is 0 Å². The molecular formula is C11H21NO. The quantitative estimate of drug-likeness (QED) is 0.475. The monoisotopic (exact) mass is 183 g/mol. The molecule has 0 aliphatic carbocycles. The summed E-state index contributed by atoms with van der Waals surface area (Å²) in [4.78, 5) is 2.24. The maximum Gasteiger partial charge on any atom is 0.0604 e. The van der Waals surface area contributed by atoms with Gasteiger partial charge >= 0.3 is 0 Å². The second-order valence-electron chi connectivity index (χ2n) is 3.99. The Bertz CT molecular complexity index is 164. The van der Waals surface area contributed by atoms with E-state index >= 15 is 0 Å². The third-order valence-electron chi connectivity index (χ3n) is 1.94. The molecule has 0 aliphatic heterocycles. The molecule has 0 radical (unpaired) electrons. The fourth-order valence-electron chi connectivity index (χ4n) is 1.08. The molecule has 0 atom stereocenters. The van der Waals surface area contributed by atoms with Gasteiger partial charge in [0.25, 0.3) is 0 Å². The molecule has 13 heavy (non-hydrogen) atoms. The zero-order valence-corrected chi connectivity index (χ0v) is 9.26. The first kappa shape index (κ1) is 12.5. The Balaban J connectivity index is 3.90. The van der Waals surface area contributed by atoms with Crippen LogP contribution in [0.15, 0.2) is 0 Å². The summed E-state index contributed by atoms with van der Waals surface area (Å²) >= 11 is 0. The van der Waals surface area contributed by atoms with Crippen molar-refractivity contribution in [1.29, 1.82) is 0 Å². The smallest absolute Gasteiger partial charge is 0.0604 e. The lowest BCUT2D eigenvalue weighted by Gasteiger charge is -2.33. The number of hydrogen-bond donors (Lipinski definition) is 0. The van der Waals surface area contributed by atoms with E-state index in [9.17, 15) is 0 Å². The highest BCUT2D eigenvalue weighted by molar-refractivity contribution is 4.92. The molecule has 0 aromatic carbocycles. The van der Waals surface area contributed by atoms with Gasteiger partial charge in [0.1, 0.15) is 0 Å². The highest BCUT2D eigenvalue weighted by Gasteiger charge is 2.19. The third-order valence-corrected chi connectivity index (χ3v) is 1.94. The lowest BCUT2D eigenvalue weighted by Crippen LogP contribution is -2.43. The zero-order chi connectivity index (χ0) is 10.3. The van der Waals surface area contributed by atoms with E-state index in [1.54, 1.807) is 0 Å². The van der Waals surface area contributed by atoms with Gasteiger partial charge in [-0.2, -0.15) is 0 Å². The van der Waals surface area contributed by atoms with E-state index in [0.29, 0.717) is 6.54 Å². The second-order valence-corrected chi connectivity index (χ2v) is 3.99. The van der Waals surface area contributed by atoms with Crippen LogP contribution >= 0.6 is 0 Å². The lowest BCUT2D eigenvalue weighted by molar-refractivity contribution is 0.0794. The molecule has 0 aliphatic rings. The van der Waals surface area contributed by atoms with Crippen LogP contribution < -0.4 is 0 Å². The summed E-state index contributed by atoms with van der Waals surface area (Å²) in [6.07, 6.45) is 5.30. The Morgan fingerprint density at radius 3 is 2.38 bits per heavy atom. The van der Waals surface area contributed by atoms with Crippen molar-refractivity contribution < 1.29 is 4.74 Å². The third kappa shape index (κ3) is 5.68. The van der Waals surface area contributed by atoms with Gasteiger partial charge in [-0.15, -0.1) is 6.42 Å². The van der Waals surface area contributed by atoms with Crippen molar-refractivity contribution in [2.45, 2.75) is 33.2 Å². The number of nitrogens with zero attached hydrogens (tertiary/aromatic N) is 1. The van der Waals surface area contributed by atoms with Crippen LogP contribution in [0.1, 0.15) is 27.7 Å². The standard InChI is InChI=1S/C11H21NO/c1-6-8-12(11(3,4)5)9-10-13-7-2/h1H,7-10H2,2-5H3. The van der Waals surface area contributed by atoms with Crippen molar-refractivity contribution in [2.24, 2.45) is 0 Å². The molecule has 0 rings (SSSR count). The largest absolute Gasteiger partial charge is 0.380 e. The van der Waals surface area contributed by atoms with Crippen molar-refractivity contribution in [2.75, 3.05) is 26.3 Å². The van der Waals surface area contributed by atoms with Crippen LogP contribution in [-0.4, -0.2) is 36.7 Å². The summed E-state index contributed by atoms with van der Waals surface area (Å²) in [6.45, 7) is 11.6. The van der Waals surface area contributed by atoms with Crippen LogP contribution in [0.5, 0.6) is 0 Å². The molecule has 0 unspecified atom stereocenters. The molecule has 2 heteroatoms. The summed E-state index contributed by atoms with van der Waals surface area (Å²) in [5, 5.41) is 0. The summed E-state index contributed by atoms with van der Waals surface area (Å²) in [5.41, 5.74) is 0.128. The Morgan fingerprint density at radius 1 is 1.38 bits per heavy atom. The molecule has 76 valence electrons. The molecule has 0 N–H and O–H groups in total. The van der Waals surface area contributed by atoms with Crippen LogP contribution in [0, 0.1) is 12.3 Å². The number of ether oxygens (including phenoxy) is 1. The molecule has 0 aromatic rings. The van der Waals surface area contributed by atoms with Crippen LogP contribution in [-0.2, 0) is 4.74 Å². The first-order valence-electron chi connectivity index (χ1n) is 4.78. The van der Waals surface area contributed by atoms with Gasteiger partial charge in [0, 0.05) is 18.7 Å². The van der Waals surface area contributed by atoms with E-state index in [4.69, 9.17) is 11.2 Å². The average molecular weight is 183 g/mol. The Morgan fingerprint density at radius 2 is 2.00 bits per heavy atom. The van der Waals surface area contributed by atoms with Crippen LogP contribution in [0.3, 0.4) is 0 Å². The minimum absolute atomic E-state index is 0.128. The van der Waals surface area contributed by atoms with E-state index in [1.807, 2.05) is 6.92 Å². The number of rotatable bonds is 5. The molecule has 0 amide bonds. The zero-order valence-electron chi connectivity index (χ0n) is 9.26. The fraction of sp³-hybridized carbons (Fsp3) is 0.818. The van der Waals surface area contributed by atoms with Gasteiger partial charge in [-0.1, -0.05) is 5.92 Å². The van der Waals surface area contributed by atoms with Crippen molar-refractivity contribution in [3.8, 4) is 12.3 Å². The van der Waals surface area contributed by atoms with E-state index in [0.717, 1.165) is 19.8 Å². The maximum absolute atomic E-state index is 5.30. The first-order chi connectivity index (χ1) is 6.02. The fourth-order valence-corrected chi connectivity index (χ4v) is 1.08. The van der Waals surface area contributed by atoms with Gasteiger partial charge < -0.3 is 4.74 Å². The molecule has 0 spiro atoms. The molecule has 0 bridgehead atoms. The van der Waals surface area contributed by atoms with E-state index in [2.05, 4.69) is 31.6 Å². The number of hydrogen-bond acceptors (Lipinski definition) is 2. The van der Waals surface area contributed by atoms with Crippen molar-refractivity contribution in [1.82, 2.24) is 4.90 Å². The van der Waals surface area contributed by atoms with Gasteiger partial charge in [0.15, 0.2) is 0 Å². The van der Waals surface area contributed by atoms with Crippen LogP contribution in [0.4, 0.5) is 0 Å². The molecule has 0 saturated heterocycles. The van der Waals surface area contributed by atoms with Crippen molar-refractivity contribution >= 4 is 0 Å². The summed E-state index contributed by atoms with van der Waals surface area (Å²) < 4.78 is 5.30. The lowest BCUT2D eigenvalue weighted by atomic mass is 10.1. The SMILES string of the molecule is C#CCN(CCOCC)C(C)(C)C. The topological polar surface area (TPSA) is 12.5 Å². The molecule has 0 fully saturated rings. The van der Waals surface area contributed by atoms with E-state index < -0.39 is 0 Å². The summed E-state index contributed by atoms with van der Waals surface area (Å²) in [6, 6.07) is 0. The van der Waals surface area contributed by atoms with Gasteiger partial charge in [-0.05, 0) is 27.7 Å². The Labute approximate surface area is 82.3 Å². The predicted molar refractivity (Wildman–Crippen MR) is 56.7 cm³/mol. The second kappa shape index (κ2) is 6.01. The predicted octanol–water partition coefficient (Wildman–Crippen LogP) is 1.76. The normalized spacial score (nSPS) is 11.7. The number of terminal acetylenes is 1. The van der Waals surface area contributed by atoms with Gasteiger partial charge in [0.2, 0.25) is 0 Å². The van der Waals surface area contributed by atoms with Crippen molar-refractivity contribution in [3.05, 3.63) is 0 Å². The molecule has 0 heterocycles. The minimum atomic E-state index is 0.128. The van der Waals surface area contributed by atoms with Gasteiger partial charge in [0.05, 0.1) is 13.2 Å². The van der Waals surface area contributed by atoms with E-state index in [-0.39, 0.29) is 5.54 Å². The summed E-state index contributed by atoms with van der Waals surface area (Å²) in [5.74, 6) is 2.67. The molecule has 0 aromatic heterocycles. The van der Waals surface area contributed by atoms with Gasteiger partial charge in [-0.3, -0.25) is 4.90 Å². The summed E-state index contributed by atoms with van der Waals surface area (Å²) in [7, 11) is 0. The Kier molecular flexibility index (Phi) is 5.77. The highest BCUT2D eigenvalue weighted by atomic mass is 16.5. The maximum atomic E-state index is 5.30. The molecular weight excluding hydrogens is 162 g/mol. The van der Waals surface area contributed by atoms with E-state index in [1.165, 1.54) is 0 Å². The first-order valence-corrected chi connectivity index (χ1v) is 4.78. The Hall–Kier alpha value is -0.520. The molecule has 2 nitrogen and oxygen atoms in total. The van der Waals surface area contributed by atoms with Gasteiger partial charge in [-0.25, -0.2) is 0 Å². The molecule has 0 saturated carbocycles. The highest BCUT2D eigenvalue weighted by Crippen LogP contribution is 2.11. The van der Waals surface area contributed by atoms with Crippen LogP contribution in [0.2, 0.25) is 0 Å². The van der Waals surface area contributed by atoms with Crippen molar-refractivity contribution in [3.63, 3.8) is 0 Å².